The molecule has 42 heavy (non-hydrogen) atoms. The number of nitrogens with zero attached hydrogens (tertiary/aromatic N) is 7. The Kier molecular flexibility index (Phi) is 6.77. The monoisotopic (exact) mass is 589 g/mol. The number of fused-ring (bicyclic) bond motifs is 2. The van der Waals surface area contributed by atoms with Crippen molar-refractivity contribution in [2.75, 3.05) is 17.2 Å². The maximum Gasteiger partial charge on any atom is 0.263 e. The van der Waals surface area contributed by atoms with E-state index >= 15 is 0 Å². The highest BCUT2D eigenvalue weighted by Crippen LogP contribution is 2.48. The van der Waals surface area contributed by atoms with Crippen LogP contribution in [0.3, 0.4) is 0 Å². The lowest BCUT2D eigenvalue weighted by Crippen LogP contribution is -2.26. The van der Waals surface area contributed by atoms with Crippen molar-refractivity contribution in [1.29, 1.82) is 5.26 Å². The van der Waals surface area contributed by atoms with Gasteiger partial charge < -0.3 is 15.2 Å². The van der Waals surface area contributed by atoms with Gasteiger partial charge in [-0.25, -0.2) is 18.4 Å². The van der Waals surface area contributed by atoms with Gasteiger partial charge in [0.15, 0.2) is 0 Å². The van der Waals surface area contributed by atoms with Crippen molar-refractivity contribution in [3.8, 4) is 6.07 Å². The lowest BCUT2D eigenvalue weighted by atomic mass is 9.96. The average molecular weight is 590 g/mol. The predicted octanol–water partition coefficient (Wildman–Crippen LogP) is 6.65. The second-order valence-corrected chi connectivity index (χ2v) is 12.5. The van der Waals surface area contributed by atoms with E-state index in [9.17, 15) is 14.0 Å². The second-order valence-electron chi connectivity index (χ2n) is 12.1. The van der Waals surface area contributed by atoms with Crippen LogP contribution in [0.15, 0.2) is 49.1 Å². The van der Waals surface area contributed by atoms with E-state index in [1.165, 1.54) is 10.9 Å². The van der Waals surface area contributed by atoms with Crippen LogP contribution in [0.25, 0.3) is 21.9 Å². The largest absolute Gasteiger partial charge is 0.383 e. The molecule has 1 aromatic carbocycles. The number of alkyl halides is 2. The molecule has 1 fully saturated rings. The lowest BCUT2D eigenvalue weighted by Gasteiger charge is -2.22. The molecule has 5 aromatic rings. The molecule has 0 amide bonds. The Morgan fingerprint density at radius 1 is 1.17 bits per heavy atom. The minimum Gasteiger partial charge on any atom is -0.383 e. The summed E-state index contributed by atoms with van der Waals surface area (Å²) in [5, 5.41) is 27.3. The fraction of sp³-hybridized carbons (Fsp3) is 0.367. The Bertz CT molecular complexity index is 1840. The molecule has 1 saturated carbocycles. The van der Waals surface area contributed by atoms with Gasteiger partial charge >= 0.3 is 0 Å². The molecule has 1 atom stereocenters. The normalized spacial score (nSPS) is 15.2. The predicted molar refractivity (Wildman–Crippen MR) is 159 cm³/mol. The summed E-state index contributed by atoms with van der Waals surface area (Å²) in [7, 11) is 1.91. The minimum absolute atomic E-state index is 0.0432. The van der Waals surface area contributed by atoms with Gasteiger partial charge in [0.1, 0.15) is 22.9 Å². The fourth-order valence-corrected chi connectivity index (χ4v) is 5.46. The fourth-order valence-electron chi connectivity index (χ4n) is 5.19. The summed E-state index contributed by atoms with van der Waals surface area (Å²) >= 11 is 6.76. The first-order valence-electron chi connectivity index (χ1n) is 13.6. The Balaban J connectivity index is 1.48. The molecular formula is C30H30ClF2N9. The standard InChI is InChI=1S/C30H30ClF2N9/c1-29(2,3)16-37-24-17(13-34)14-36-25-21(24)11-18(12-22(25)31)38-26(19-5-9-35-27-20(19)6-10-41(27)4)23-15-42(40-39-23)30(7-8-30)28(32)33/h5-6,9-12,14-15,26,28,38H,7-8,16H2,1-4H3,(H,36,37)/t26-/m0/s1. The Hall–Kier alpha value is -4.30. The second kappa shape index (κ2) is 10.2. The SMILES string of the molecule is Cn1ccc2c([C@H](Nc3cc(Cl)c4ncc(C#N)c(NCC(C)(C)C)c4c3)c3cn(C4(C(F)F)CC4)nn3)ccnc21. The molecule has 0 unspecified atom stereocenters. The average Bonchev–Trinajstić information content (AvgIpc) is 3.47. The first-order valence-corrected chi connectivity index (χ1v) is 14.0. The summed E-state index contributed by atoms with van der Waals surface area (Å²) in [6.45, 7) is 6.93. The summed E-state index contributed by atoms with van der Waals surface area (Å²) in [6.07, 6.45) is 4.91. The summed E-state index contributed by atoms with van der Waals surface area (Å²) in [5.74, 6) is 0. The van der Waals surface area contributed by atoms with E-state index in [1.54, 1.807) is 18.5 Å². The van der Waals surface area contributed by atoms with Crippen LogP contribution in [0.1, 0.15) is 56.5 Å². The number of hydrogen-bond acceptors (Lipinski definition) is 7. The number of nitriles is 1. The molecule has 1 aliphatic carbocycles. The maximum atomic E-state index is 13.9. The number of aromatic nitrogens is 6. The lowest BCUT2D eigenvalue weighted by molar-refractivity contribution is 0.0593. The molecule has 9 nitrogen and oxygen atoms in total. The van der Waals surface area contributed by atoms with Crippen LogP contribution in [0.4, 0.5) is 20.2 Å². The van der Waals surface area contributed by atoms with Gasteiger partial charge in [0.05, 0.1) is 34.0 Å². The van der Waals surface area contributed by atoms with Gasteiger partial charge in [0.25, 0.3) is 6.43 Å². The molecule has 0 saturated heterocycles. The molecule has 216 valence electrons. The summed E-state index contributed by atoms with van der Waals surface area (Å²) in [6, 6.07) is 9.15. The third kappa shape index (κ3) is 4.90. The highest BCUT2D eigenvalue weighted by Gasteiger charge is 2.54. The van der Waals surface area contributed by atoms with Crippen molar-refractivity contribution in [3.63, 3.8) is 0 Å². The van der Waals surface area contributed by atoms with Gasteiger partial charge in [0.2, 0.25) is 0 Å². The van der Waals surface area contributed by atoms with E-state index in [-0.39, 0.29) is 5.41 Å². The van der Waals surface area contributed by atoms with Gasteiger partial charge in [-0.3, -0.25) is 4.98 Å². The molecule has 6 rings (SSSR count). The van der Waals surface area contributed by atoms with Crippen molar-refractivity contribution >= 4 is 44.9 Å². The number of halogens is 3. The smallest absolute Gasteiger partial charge is 0.263 e. The van der Waals surface area contributed by atoms with E-state index in [4.69, 9.17) is 11.6 Å². The quantitative estimate of drug-likeness (QED) is 0.208. The van der Waals surface area contributed by atoms with Crippen LogP contribution >= 0.6 is 11.6 Å². The Morgan fingerprint density at radius 3 is 2.64 bits per heavy atom. The topological polar surface area (TPSA) is 109 Å². The number of anilines is 2. The summed E-state index contributed by atoms with van der Waals surface area (Å²) < 4.78 is 31.0. The molecule has 0 aliphatic heterocycles. The van der Waals surface area contributed by atoms with Crippen LogP contribution in [0.2, 0.25) is 5.02 Å². The zero-order valence-corrected chi connectivity index (χ0v) is 24.4. The van der Waals surface area contributed by atoms with Gasteiger partial charge in [-0.15, -0.1) is 5.10 Å². The molecule has 0 radical (unpaired) electrons. The number of hydrogen-bond donors (Lipinski definition) is 2. The number of benzene rings is 1. The van der Waals surface area contributed by atoms with Crippen LogP contribution in [-0.4, -0.2) is 42.5 Å². The summed E-state index contributed by atoms with van der Waals surface area (Å²) in [4.78, 5) is 8.98. The maximum absolute atomic E-state index is 13.9. The third-order valence-corrected chi connectivity index (χ3v) is 7.98. The van der Waals surface area contributed by atoms with Crippen molar-refractivity contribution in [2.24, 2.45) is 12.5 Å². The van der Waals surface area contributed by atoms with Crippen molar-refractivity contribution in [2.45, 2.75) is 51.6 Å². The van der Waals surface area contributed by atoms with E-state index in [1.807, 2.05) is 36.0 Å². The number of rotatable bonds is 8. The van der Waals surface area contributed by atoms with Crippen molar-refractivity contribution in [1.82, 2.24) is 29.5 Å². The molecule has 0 bridgehead atoms. The minimum atomic E-state index is -2.54. The molecule has 12 heteroatoms. The zero-order valence-electron chi connectivity index (χ0n) is 23.7. The van der Waals surface area contributed by atoms with Gasteiger partial charge in [0, 0.05) is 48.6 Å². The van der Waals surface area contributed by atoms with Crippen LogP contribution in [0, 0.1) is 16.7 Å². The Morgan fingerprint density at radius 2 is 1.95 bits per heavy atom. The number of aryl methyl sites for hydroxylation is 1. The van der Waals surface area contributed by atoms with Crippen LogP contribution in [0.5, 0.6) is 0 Å². The molecular weight excluding hydrogens is 560 g/mol. The third-order valence-electron chi connectivity index (χ3n) is 7.70. The molecule has 0 spiro atoms. The van der Waals surface area contributed by atoms with E-state index in [2.05, 4.69) is 57.8 Å². The van der Waals surface area contributed by atoms with E-state index < -0.39 is 18.0 Å². The molecule has 4 aromatic heterocycles. The van der Waals surface area contributed by atoms with Crippen molar-refractivity contribution in [3.05, 3.63) is 70.9 Å². The highest BCUT2D eigenvalue weighted by molar-refractivity contribution is 6.35. The van der Waals surface area contributed by atoms with Crippen LogP contribution < -0.4 is 10.6 Å². The number of nitrogens with one attached hydrogen (secondary N) is 2. The molecule has 4 heterocycles. The van der Waals surface area contributed by atoms with Gasteiger partial charge in [-0.2, -0.15) is 5.26 Å². The van der Waals surface area contributed by atoms with E-state index in [0.29, 0.717) is 57.9 Å². The Labute approximate surface area is 246 Å². The first-order chi connectivity index (χ1) is 20.0. The highest BCUT2D eigenvalue weighted by atomic mass is 35.5. The van der Waals surface area contributed by atoms with Crippen molar-refractivity contribution < 1.29 is 8.78 Å². The number of pyridine rings is 2. The first kappa shape index (κ1) is 27.8. The van der Waals surface area contributed by atoms with E-state index in [0.717, 1.165) is 16.6 Å². The molecule has 1 aliphatic rings. The van der Waals surface area contributed by atoms with Crippen LogP contribution in [-0.2, 0) is 12.6 Å². The molecule has 2 N–H and O–H groups in total. The zero-order chi connectivity index (χ0) is 29.8. The van der Waals surface area contributed by atoms with Gasteiger partial charge in [-0.1, -0.05) is 37.6 Å². The van der Waals surface area contributed by atoms with Gasteiger partial charge in [-0.05, 0) is 48.1 Å². The summed E-state index contributed by atoms with van der Waals surface area (Å²) in [5.41, 5.74) is 2.99.